The van der Waals surface area contributed by atoms with Gasteiger partial charge in [-0.3, -0.25) is 9.48 Å². The van der Waals surface area contributed by atoms with E-state index in [-0.39, 0.29) is 5.91 Å². The molecule has 4 rings (SSSR count). The first-order chi connectivity index (χ1) is 15.3. The van der Waals surface area contributed by atoms with Crippen molar-refractivity contribution in [2.45, 2.75) is 54.0 Å². The van der Waals surface area contributed by atoms with Crippen molar-refractivity contribution in [2.75, 3.05) is 0 Å². The molecule has 4 aromatic rings. The molecule has 32 heavy (non-hydrogen) atoms. The van der Waals surface area contributed by atoms with Crippen LogP contribution >= 0.6 is 0 Å². The highest BCUT2D eigenvalue weighted by Crippen LogP contribution is 2.26. The summed E-state index contributed by atoms with van der Waals surface area (Å²) in [7, 11) is 1.91. The zero-order valence-corrected chi connectivity index (χ0v) is 19.7. The van der Waals surface area contributed by atoms with Gasteiger partial charge in [0.05, 0.1) is 17.1 Å². The summed E-state index contributed by atoms with van der Waals surface area (Å²) in [6.45, 7) is 10.6. The van der Waals surface area contributed by atoms with E-state index < -0.39 is 0 Å². The molecule has 0 atom stereocenters. The number of rotatable bonds is 6. The lowest BCUT2D eigenvalue weighted by atomic mass is 9.99. The fourth-order valence-corrected chi connectivity index (χ4v) is 4.50. The summed E-state index contributed by atoms with van der Waals surface area (Å²) in [5.41, 5.74) is 9.18. The number of aryl methyl sites for hydroxylation is 5. The van der Waals surface area contributed by atoms with E-state index in [9.17, 15) is 4.79 Å². The second-order valence-electron chi connectivity index (χ2n) is 8.38. The number of carbonyl (C=O) groups is 1. The minimum absolute atomic E-state index is 0.0260. The van der Waals surface area contributed by atoms with Gasteiger partial charge in [-0.05, 0) is 64.3 Å². The zero-order valence-electron chi connectivity index (χ0n) is 19.7. The fourth-order valence-electron chi connectivity index (χ4n) is 4.50. The monoisotopic (exact) mass is 430 g/mol. The topological polar surface area (TPSA) is 77.6 Å². The molecule has 166 valence electrons. The van der Waals surface area contributed by atoms with Crippen molar-refractivity contribution in [3.63, 3.8) is 0 Å². The third-order valence-electron chi connectivity index (χ3n) is 6.24. The van der Waals surface area contributed by atoms with Crippen molar-refractivity contribution in [2.24, 2.45) is 7.05 Å². The second kappa shape index (κ2) is 8.57. The van der Waals surface area contributed by atoms with E-state index in [1.807, 2.05) is 74.4 Å². The van der Waals surface area contributed by atoms with Gasteiger partial charge in [-0.1, -0.05) is 18.2 Å². The normalized spacial score (nSPS) is 11.3. The van der Waals surface area contributed by atoms with Crippen molar-refractivity contribution < 1.29 is 4.79 Å². The van der Waals surface area contributed by atoms with E-state index in [2.05, 4.69) is 22.4 Å². The standard InChI is InChI=1S/C25H30N6O/c1-15-21(16(2)27-25-24(15)18(4)28-30(25)6)12-13-23(32)26-14-22-17(3)29-31(19(22)5)20-10-8-7-9-11-20/h7-11H,12-14H2,1-6H3,(H,26,32). The first-order valence-electron chi connectivity index (χ1n) is 10.9. The van der Waals surface area contributed by atoms with Crippen molar-refractivity contribution in [3.8, 4) is 5.69 Å². The summed E-state index contributed by atoms with van der Waals surface area (Å²) in [5, 5.41) is 13.3. The Bertz CT molecular complexity index is 1300. The SMILES string of the molecule is Cc1nc2c(c(C)nn2C)c(C)c1CCC(=O)NCc1c(C)nn(-c2ccccc2)c1C. The van der Waals surface area contributed by atoms with Gasteiger partial charge < -0.3 is 5.32 Å². The average Bonchev–Trinajstić information content (AvgIpc) is 3.21. The van der Waals surface area contributed by atoms with Crippen LogP contribution in [0.5, 0.6) is 0 Å². The van der Waals surface area contributed by atoms with Gasteiger partial charge in [0.25, 0.3) is 0 Å². The van der Waals surface area contributed by atoms with Crippen LogP contribution in [0.4, 0.5) is 0 Å². The molecule has 3 heterocycles. The highest BCUT2D eigenvalue weighted by molar-refractivity contribution is 5.84. The minimum atomic E-state index is 0.0260. The van der Waals surface area contributed by atoms with E-state index in [4.69, 9.17) is 4.98 Å². The third kappa shape index (κ3) is 3.90. The Kier molecular flexibility index (Phi) is 5.82. The molecule has 1 aromatic carbocycles. The number of benzene rings is 1. The van der Waals surface area contributed by atoms with E-state index >= 15 is 0 Å². The van der Waals surface area contributed by atoms with Crippen LogP contribution < -0.4 is 5.32 Å². The quantitative estimate of drug-likeness (QED) is 0.503. The van der Waals surface area contributed by atoms with E-state index in [1.54, 1.807) is 0 Å². The van der Waals surface area contributed by atoms with Crippen LogP contribution in [0, 0.1) is 34.6 Å². The van der Waals surface area contributed by atoms with Gasteiger partial charge in [0.2, 0.25) is 5.91 Å². The largest absolute Gasteiger partial charge is 0.352 e. The number of hydrogen-bond donors (Lipinski definition) is 1. The molecule has 0 spiro atoms. The molecule has 1 N–H and O–H groups in total. The Hall–Kier alpha value is -3.48. The van der Waals surface area contributed by atoms with Crippen molar-refractivity contribution >= 4 is 16.9 Å². The van der Waals surface area contributed by atoms with Gasteiger partial charge in [-0.15, -0.1) is 0 Å². The summed E-state index contributed by atoms with van der Waals surface area (Å²) in [5.74, 6) is 0.0260. The lowest BCUT2D eigenvalue weighted by Gasteiger charge is -2.12. The molecule has 0 saturated heterocycles. The van der Waals surface area contributed by atoms with Crippen LogP contribution in [0.1, 0.15) is 45.9 Å². The number of fused-ring (bicyclic) bond motifs is 1. The lowest BCUT2D eigenvalue weighted by molar-refractivity contribution is -0.121. The number of amides is 1. The molecule has 1 amide bonds. The summed E-state index contributed by atoms with van der Waals surface area (Å²) in [6, 6.07) is 10.0. The average molecular weight is 431 g/mol. The fraction of sp³-hybridized carbons (Fsp3) is 0.360. The molecule has 0 unspecified atom stereocenters. The predicted octanol–water partition coefficient (Wildman–Crippen LogP) is 3.95. The third-order valence-corrected chi connectivity index (χ3v) is 6.24. The van der Waals surface area contributed by atoms with Crippen LogP contribution in [0.3, 0.4) is 0 Å². The highest BCUT2D eigenvalue weighted by atomic mass is 16.1. The van der Waals surface area contributed by atoms with Gasteiger partial charge in [-0.25, -0.2) is 9.67 Å². The first-order valence-corrected chi connectivity index (χ1v) is 10.9. The molecule has 0 bridgehead atoms. The minimum Gasteiger partial charge on any atom is -0.352 e. The summed E-state index contributed by atoms with van der Waals surface area (Å²) in [4.78, 5) is 17.4. The van der Waals surface area contributed by atoms with Gasteiger partial charge >= 0.3 is 0 Å². The molecule has 7 nitrogen and oxygen atoms in total. The highest BCUT2D eigenvalue weighted by Gasteiger charge is 2.17. The molecule has 0 aliphatic rings. The predicted molar refractivity (Wildman–Crippen MR) is 126 cm³/mol. The van der Waals surface area contributed by atoms with Crippen molar-refractivity contribution in [1.29, 1.82) is 0 Å². The summed E-state index contributed by atoms with van der Waals surface area (Å²) < 4.78 is 3.75. The zero-order chi connectivity index (χ0) is 23.0. The summed E-state index contributed by atoms with van der Waals surface area (Å²) >= 11 is 0. The number of carbonyl (C=O) groups excluding carboxylic acids is 1. The molecule has 0 radical (unpaired) electrons. The van der Waals surface area contributed by atoms with Crippen LogP contribution in [-0.2, 0) is 24.8 Å². The number of aromatic nitrogens is 5. The van der Waals surface area contributed by atoms with Crippen LogP contribution in [0.2, 0.25) is 0 Å². The summed E-state index contributed by atoms with van der Waals surface area (Å²) in [6.07, 6.45) is 1.07. The van der Waals surface area contributed by atoms with Gasteiger partial charge in [0, 0.05) is 42.4 Å². The number of pyridine rings is 1. The molecule has 3 aromatic heterocycles. The Labute approximate surface area is 188 Å². The number of hydrogen-bond acceptors (Lipinski definition) is 4. The van der Waals surface area contributed by atoms with Crippen LogP contribution in [0.25, 0.3) is 16.7 Å². The van der Waals surface area contributed by atoms with Crippen LogP contribution in [0.15, 0.2) is 30.3 Å². The Balaban J connectivity index is 1.45. The maximum atomic E-state index is 12.7. The first kappa shape index (κ1) is 21.7. The van der Waals surface area contributed by atoms with Gasteiger partial charge in [-0.2, -0.15) is 10.2 Å². The molecule has 0 saturated carbocycles. The number of nitrogens with zero attached hydrogens (tertiary/aromatic N) is 5. The number of para-hydroxylation sites is 1. The molecular weight excluding hydrogens is 400 g/mol. The molecule has 0 fully saturated rings. The molecule has 7 heteroatoms. The maximum Gasteiger partial charge on any atom is 0.220 e. The molecular formula is C25H30N6O. The lowest BCUT2D eigenvalue weighted by Crippen LogP contribution is -2.24. The van der Waals surface area contributed by atoms with Crippen molar-refractivity contribution in [3.05, 3.63) is 69.8 Å². The van der Waals surface area contributed by atoms with E-state index in [1.165, 1.54) is 5.56 Å². The Morgan fingerprint density at radius 2 is 1.66 bits per heavy atom. The smallest absolute Gasteiger partial charge is 0.220 e. The number of nitrogens with one attached hydrogen (secondary N) is 1. The second-order valence-corrected chi connectivity index (χ2v) is 8.38. The Morgan fingerprint density at radius 1 is 0.938 bits per heavy atom. The van der Waals surface area contributed by atoms with Crippen LogP contribution in [-0.4, -0.2) is 30.5 Å². The Morgan fingerprint density at radius 3 is 2.38 bits per heavy atom. The molecule has 0 aliphatic heterocycles. The maximum absolute atomic E-state index is 12.7. The van der Waals surface area contributed by atoms with Gasteiger partial charge in [0.15, 0.2) is 5.65 Å². The van der Waals surface area contributed by atoms with Crippen molar-refractivity contribution in [1.82, 2.24) is 29.9 Å². The van der Waals surface area contributed by atoms with Gasteiger partial charge in [0.1, 0.15) is 0 Å². The molecule has 0 aliphatic carbocycles. The van der Waals surface area contributed by atoms with E-state index in [0.29, 0.717) is 19.4 Å². The van der Waals surface area contributed by atoms with E-state index in [0.717, 1.165) is 50.6 Å².